The number of hydrogen-bond donors (Lipinski definition) is 1. The van der Waals surface area contributed by atoms with Crippen LogP contribution in [-0.4, -0.2) is 34.5 Å². The fourth-order valence-electron chi connectivity index (χ4n) is 2.57. The number of hydrogen-bond acceptors (Lipinski definition) is 4. The van der Waals surface area contributed by atoms with Crippen molar-refractivity contribution in [3.63, 3.8) is 0 Å². The molecule has 0 aromatic carbocycles. The third kappa shape index (κ3) is 3.04. The maximum atomic E-state index is 6.26. The van der Waals surface area contributed by atoms with E-state index in [0.29, 0.717) is 12.5 Å². The van der Waals surface area contributed by atoms with Crippen molar-refractivity contribution >= 4 is 0 Å². The highest BCUT2D eigenvalue weighted by Crippen LogP contribution is 2.29. The van der Waals surface area contributed by atoms with Crippen molar-refractivity contribution in [3.05, 3.63) is 12.2 Å². The average molecular weight is 238 g/mol. The Hall–Kier alpha value is -0.940. The molecule has 1 fully saturated rings. The van der Waals surface area contributed by atoms with E-state index in [4.69, 9.17) is 10.5 Å². The molecule has 5 nitrogen and oxygen atoms in total. The van der Waals surface area contributed by atoms with E-state index in [1.165, 1.54) is 19.3 Å². The highest BCUT2D eigenvalue weighted by atomic mass is 16.5. The highest BCUT2D eigenvalue weighted by Gasteiger charge is 2.26. The molecule has 2 unspecified atom stereocenters. The monoisotopic (exact) mass is 238 g/mol. The summed E-state index contributed by atoms with van der Waals surface area (Å²) < 4.78 is 7.18. The first-order chi connectivity index (χ1) is 8.33. The summed E-state index contributed by atoms with van der Waals surface area (Å²) in [6.45, 7) is 1.50. The minimum absolute atomic E-state index is 0.225. The van der Waals surface area contributed by atoms with Gasteiger partial charge in [-0.15, -0.1) is 10.2 Å². The van der Waals surface area contributed by atoms with Crippen molar-refractivity contribution in [2.24, 2.45) is 5.73 Å². The van der Waals surface area contributed by atoms with Crippen LogP contribution in [0.1, 0.15) is 43.8 Å². The molecular weight excluding hydrogens is 216 g/mol. The lowest BCUT2D eigenvalue weighted by atomic mass is 9.94. The third-order valence-electron chi connectivity index (χ3n) is 3.58. The van der Waals surface area contributed by atoms with E-state index in [1.807, 2.05) is 0 Å². The first-order valence-electron chi connectivity index (χ1n) is 6.45. The molecule has 17 heavy (non-hydrogen) atoms. The van der Waals surface area contributed by atoms with E-state index in [1.54, 1.807) is 13.4 Å². The van der Waals surface area contributed by atoms with Gasteiger partial charge in [-0.2, -0.15) is 0 Å². The van der Waals surface area contributed by atoms with E-state index in [0.717, 1.165) is 25.2 Å². The Morgan fingerprint density at radius 2 is 2.24 bits per heavy atom. The smallest absolute Gasteiger partial charge is 0.137 e. The fourth-order valence-corrected chi connectivity index (χ4v) is 2.57. The van der Waals surface area contributed by atoms with Crippen LogP contribution in [0.4, 0.5) is 0 Å². The lowest BCUT2D eigenvalue weighted by Gasteiger charge is -2.21. The second-order valence-corrected chi connectivity index (χ2v) is 4.78. The molecular formula is C12H22N4O. The van der Waals surface area contributed by atoms with Gasteiger partial charge in [0, 0.05) is 25.6 Å². The molecule has 0 aliphatic heterocycles. The molecule has 5 heteroatoms. The van der Waals surface area contributed by atoms with Gasteiger partial charge < -0.3 is 15.0 Å². The van der Waals surface area contributed by atoms with Crippen LogP contribution in [0.3, 0.4) is 0 Å². The molecule has 0 amide bonds. The zero-order valence-electron chi connectivity index (χ0n) is 10.5. The van der Waals surface area contributed by atoms with Gasteiger partial charge in [0.25, 0.3) is 0 Å². The van der Waals surface area contributed by atoms with Gasteiger partial charge >= 0.3 is 0 Å². The lowest BCUT2D eigenvalue weighted by Crippen LogP contribution is -2.29. The summed E-state index contributed by atoms with van der Waals surface area (Å²) in [7, 11) is 1.71. The number of methoxy groups -OCH3 is 1. The summed E-state index contributed by atoms with van der Waals surface area (Å²) >= 11 is 0. The largest absolute Gasteiger partial charge is 0.383 e. The number of rotatable bonds is 4. The highest BCUT2D eigenvalue weighted by molar-refractivity contribution is 5.02. The van der Waals surface area contributed by atoms with Crippen molar-refractivity contribution in [1.82, 2.24) is 14.8 Å². The molecule has 1 aromatic heterocycles. The van der Waals surface area contributed by atoms with Crippen molar-refractivity contribution in [2.75, 3.05) is 13.7 Å². The van der Waals surface area contributed by atoms with Crippen molar-refractivity contribution in [3.8, 4) is 0 Å². The zero-order chi connectivity index (χ0) is 12.1. The van der Waals surface area contributed by atoms with Crippen LogP contribution in [-0.2, 0) is 11.3 Å². The average Bonchev–Trinajstić information content (AvgIpc) is 2.69. The van der Waals surface area contributed by atoms with Crippen LogP contribution < -0.4 is 5.73 Å². The lowest BCUT2D eigenvalue weighted by molar-refractivity contribution is 0.185. The summed E-state index contributed by atoms with van der Waals surface area (Å²) in [5.74, 6) is 1.40. The predicted molar refractivity (Wildman–Crippen MR) is 65.7 cm³/mol. The number of nitrogens with zero attached hydrogens (tertiary/aromatic N) is 3. The molecule has 0 saturated heterocycles. The fraction of sp³-hybridized carbons (Fsp3) is 0.833. The molecule has 2 atom stereocenters. The Morgan fingerprint density at radius 1 is 1.41 bits per heavy atom. The molecule has 1 heterocycles. The standard InChI is InChI=1S/C12H22N4O/c1-17-8-7-16-9-14-15-12(16)10-5-3-2-4-6-11(10)13/h9-11H,2-8,13H2,1H3. The Bertz CT molecular complexity index is 339. The number of nitrogens with two attached hydrogens (primary N) is 1. The number of aromatic nitrogens is 3. The molecule has 1 saturated carbocycles. The van der Waals surface area contributed by atoms with Crippen LogP contribution in [0.15, 0.2) is 6.33 Å². The third-order valence-corrected chi connectivity index (χ3v) is 3.58. The molecule has 1 aliphatic rings. The first kappa shape index (κ1) is 12.5. The summed E-state index contributed by atoms with van der Waals surface area (Å²) in [6, 6.07) is 0.225. The molecule has 0 radical (unpaired) electrons. The van der Waals surface area contributed by atoms with Gasteiger partial charge in [0.1, 0.15) is 12.2 Å². The van der Waals surface area contributed by atoms with E-state index >= 15 is 0 Å². The summed E-state index contributed by atoms with van der Waals surface area (Å²) in [6.07, 6.45) is 7.79. The molecule has 96 valence electrons. The molecule has 0 spiro atoms. The van der Waals surface area contributed by atoms with E-state index in [-0.39, 0.29) is 6.04 Å². The second-order valence-electron chi connectivity index (χ2n) is 4.78. The maximum absolute atomic E-state index is 6.26. The van der Waals surface area contributed by atoms with Gasteiger partial charge in [0.2, 0.25) is 0 Å². The van der Waals surface area contributed by atoms with Crippen LogP contribution in [0.2, 0.25) is 0 Å². The SMILES string of the molecule is COCCn1cnnc1C1CCCCCC1N. The first-order valence-corrected chi connectivity index (χ1v) is 6.45. The van der Waals surface area contributed by atoms with Gasteiger partial charge in [0.05, 0.1) is 6.61 Å². The normalized spacial score (nSPS) is 25.8. The minimum Gasteiger partial charge on any atom is -0.383 e. The predicted octanol–water partition coefficient (Wildman–Crippen LogP) is 1.30. The van der Waals surface area contributed by atoms with E-state index in [2.05, 4.69) is 14.8 Å². The summed E-state index contributed by atoms with van der Waals surface area (Å²) in [4.78, 5) is 0. The minimum atomic E-state index is 0.225. The zero-order valence-corrected chi connectivity index (χ0v) is 10.5. The van der Waals surface area contributed by atoms with Crippen LogP contribution in [0.5, 0.6) is 0 Å². The van der Waals surface area contributed by atoms with Gasteiger partial charge in [-0.3, -0.25) is 0 Å². The maximum Gasteiger partial charge on any atom is 0.137 e. The number of ether oxygens (including phenoxy) is 1. The Labute approximate surface area is 102 Å². The van der Waals surface area contributed by atoms with Crippen molar-refractivity contribution in [1.29, 1.82) is 0 Å². The molecule has 1 aliphatic carbocycles. The quantitative estimate of drug-likeness (QED) is 0.803. The summed E-state index contributed by atoms with van der Waals surface area (Å²) in [5, 5.41) is 8.28. The Morgan fingerprint density at radius 3 is 3.06 bits per heavy atom. The van der Waals surface area contributed by atoms with E-state index < -0.39 is 0 Å². The molecule has 2 rings (SSSR count). The van der Waals surface area contributed by atoms with Gasteiger partial charge in [0.15, 0.2) is 0 Å². The second kappa shape index (κ2) is 6.12. The Kier molecular flexibility index (Phi) is 4.50. The van der Waals surface area contributed by atoms with Crippen LogP contribution in [0, 0.1) is 0 Å². The molecule has 1 aromatic rings. The van der Waals surface area contributed by atoms with Crippen LogP contribution >= 0.6 is 0 Å². The molecule has 0 bridgehead atoms. The van der Waals surface area contributed by atoms with Crippen LogP contribution in [0.25, 0.3) is 0 Å². The van der Waals surface area contributed by atoms with Gasteiger partial charge in [-0.25, -0.2) is 0 Å². The van der Waals surface area contributed by atoms with Gasteiger partial charge in [-0.1, -0.05) is 19.3 Å². The van der Waals surface area contributed by atoms with Crippen molar-refractivity contribution < 1.29 is 4.74 Å². The van der Waals surface area contributed by atoms with E-state index in [9.17, 15) is 0 Å². The van der Waals surface area contributed by atoms with Crippen molar-refractivity contribution in [2.45, 2.75) is 50.6 Å². The van der Waals surface area contributed by atoms with Gasteiger partial charge in [-0.05, 0) is 12.8 Å². The Balaban J connectivity index is 2.11. The molecule has 2 N–H and O–H groups in total. The summed E-state index contributed by atoms with van der Waals surface area (Å²) in [5.41, 5.74) is 6.26. The topological polar surface area (TPSA) is 66.0 Å².